The third-order valence-corrected chi connectivity index (χ3v) is 4.57. The van der Waals surface area contributed by atoms with Gasteiger partial charge in [0.1, 0.15) is 18.1 Å². The van der Waals surface area contributed by atoms with E-state index in [1.54, 1.807) is 13.3 Å². The SMILES string of the molecule is CCNC(=NCc1ncc(C(C)(C)C)o1)NCC(c1cccc(OC)c1)N(C)C. The van der Waals surface area contributed by atoms with Crippen LogP contribution in [0.25, 0.3) is 0 Å². The second-order valence-electron chi connectivity index (χ2n) is 8.20. The summed E-state index contributed by atoms with van der Waals surface area (Å²) in [5.74, 6) is 3.07. The van der Waals surface area contributed by atoms with Crippen LogP contribution < -0.4 is 15.4 Å². The number of benzene rings is 1. The van der Waals surface area contributed by atoms with Crippen LogP contribution in [-0.2, 0) is 12.0 Å². The number of ether oxygens (including phenoxy) is 1. The molecule has 1 aromatic carbocycles. The van der Waals surface area contributed by atoms with Crippen molar-refractivity contribution in [3.63, 3.8) is 0 Å². The van der Waals surface area contributed by atoms with Gasteiger partial charge in [0.05, 0.1) is 19.3 Å². The molecule has 2 N–H and O–H groups in total. The Morgan fingerprint density at radius 3 is 2.62 bits per heavy atom. The lowest BCUT2D eigenvalue weighted by molar-refractivity contribution is 0.297. The molecule has 0 aliphatic carbocycles. The number of aliphatic imine (C=N–C) groups is 1. The van der Waals surface area contributed by atoms with Crippen LogP contribution in [0.15, 0.2) is 39.9 Å². The predicted molar refractivity (Wildman–Crippen MR) is 117 cm³/mol. The van der Waals surface area contributed by atoms with E-state index >= 15 is 0 Å². The maximum atomic E-state index is 5.84. The fraction of sp³-hybridized carbons (Fsp3) is 0.545. The number of hydrogen-bond donors (Lipinski definition) is 2. The van der Waals surface area contributed by atoms with Gasteiger partial charge in [-0.1, -0.05) is 32.9 Å². The number of guanidine groups is 1. The van der Waals surface area contributed by atoms with Gasteiger partial charge in [0.25, 0.3) is 0 Å². The Labute approximate surface area is 174 Å². The molecule has 2 rings (SSSR count). The minimum absolute atomic E-state index is 0.0621. The van der Waals surface area contributed by atoms with E-state index in [0.29, 0.717) is 19.0 Å². The summed E-state index contributed by atoms with van der Waals surface area (Å²) in [7, 11) is 5.82. The molecule has 0 amide bonds. The number of hydrogen-bond acceptors (Lipinski definition) is 5. The molecular formula is C22H35N5O2. The lowest BCUT2D eigenvalue weighted by Crippen LogP contribution is -2.41. The van der Waals surface area contributed by atoms with Gasteiger partial charge < -0.3 is 24.7 Å². The predicted octanol–water partition coefficient (Wildman–Crippen LogP) is 3.34. The van der Waals surface area contributed by atoms with Gasteiger partial charge in [-0.3, -0.25) is 0 Å². The van der Waals surface area contributed by atoms with Crippen molar-refractivity contribution in [1.82, 2.24) is 20.5 Å². The van der Waals surface area contributed by atoms with E-state index in [-0.39, 0.29) is 11.5 Å². The minimum Gasteiger partial charge on any atom is -0.497 e. The fourth-order valence-electron chi connectivity index (χ4n) is 2.86. The monoisotopic (exact) mass is 401 g/mol. The summed E-state index contributed by atoms with van der Waals surface area (Å²) in [5, 5.41) is 6.72. The normalized spacial score (nSPS) is 13.4. The Kier molecular flexibility index (Phi) is 8.08. The molecule has 0 fully saturated rings. The van der Waals surface area contributed by atoms with Gasteiger partial charge in [-0.25, -0.2) is 9.98 Å². The van der Waals surface area contributed by atoms with Crippen molar-refractivity contribution in [1.29, 1.82) is 0 Å². The number of nitrogens with zero attached hydrogens (tertiary/aromatic N) is 3. The molecule has 7 nitrogen and oxygen atoms in total. The highest BCUT2D eigenvalue weighted by Crippen LogP contribution is 2.23. The van der Waals surface area contributed by atoms with E-state index in [2.05, 4.69) is 72.5 Å². The summed E-state index contributed by atoms with van der Waals surface area (Å²) >= 11 is 0. The van der Waals surface area contributed by atoms with E-state index in [1.165, 1.54) is 5.56 Å². The molecule has 0 aliphatic rings. The van der Waals surface area contributed by atoms with E-state index in [4.69, 9.17) is 9.15 Å². The lowest BCUT2D eigenvalue weighted by atomic mass is 9.94. The minimum atomic E-state index is -0.0621. The summed E-state index contributed by atoms with van der Waals surface area (Å²) in [4.78, 5) is 11.2. The zero-order valence-electron chi connectivity index (χ0n) is 18.7. The molecule has 0 saturated heterocycles. The number of rotatable bonds is 8. The third kappa shape index (κ3) is 6.78. The van der Waals surface area contributed by atoms with Crippen molar-refractivity contribution < 1.29 is 9.15 Å². The first-order valence-electron chi connectivity index (χ1n) is 10.0. The van der Waals surface area contributed by atoms with E-state index in [0.717, 1.165) is 24.0 Å². The van der Waals surface area contributed by atoms with Crippen molar-refractivity contribution in [2.45, 2.75) is 45.7 Å². The first-order valence-corrected chi connectivity index (χ1v) is 10.0. The van der Waals surface area contributed by atoms with Crippen LogP contribution >= 0.6 is 0 Å². The highest BCUT2D eigenvalue weighted by Gasteiger charge is 2.19. The molecule has 0 saturated carbocycles. The molecule has 160 valence electrons. The van der Waals surface area contributed by atoms with Crippen LogP contribution in [0.5, 0.6) is 5.75 Å². The highest BCUT2D eigenvalue weighted by molar-refractivity contribution is 5.79. The van der Waals surface area contributed by atoms with Crippen molar-refractivity contribution in [2.75, 3.05) is 34.3 Å². The van der Waals surface area contributed by atoms with Crippen molar-refractivity contribution in [2.24, 2.45) is 4.99 Å². The molecule has 1 atom stereocenters. The molecule has 1 unspecified atom stereocenters. The Morgan fingerprint density at radius 2 is 2.03 bits per heavy atom. The molecule has 0 bridgehead atoms. The molecular weight excluding hydrogens is 366 g/mol. The Hall–Kier alpha value is -2.54. The molecule has 0 aliphatic heterocycles. The molecule has 7 heteroatoms. The summed E-state index contributed by atoms with van der Waals surface area (Å²) < 4.78 is 11.2. The van der Waals surface area contributed by atoms with Crippen LogP contribution in [-0.4, -0.2) is 50.1 Å². The highest BCUT2D eigenvalue weighted by atomic mass is 16.5. The average molecular weight is 402 g/mol. The smallest absolute Gasteiger partial charge is 0.216 e. The van der Waals surface area contributed by atoms with Gasteiger partial charge in [0, 0.05) is 18.5 Å². The number of aromatic nitrogens is 1. The van der Waals surface area contributed by atoms with Crippen molar-refractivity contribution >= 4 is 5.96 Å². The van der Waals surface area contributed by atoms with Crippen LogP contribution in [0, 0.1) is 0 Å². The van der Waals surface area contributed by atoms with E-state index < -0.39 is 0 Å². The molecule has 2 aromatic rings. The van der Waals surface area contributed by atoms with Gasteiger partial charge in [0.2, 0.25) is 5.89 Å². The zero-order chi connectivity index (χ0) is 21.4. The number of nitrogens with one attached hydrogen (secondary N) is 2. The molecule has 1 aromatic heterocycles. The van der Waals surface area contributed by atoms with Crippen molar-refractivity contribution in [3.05, 3.63) is 47.7 Å². The Balaban J connectivity index is 2.07. The Bertz CT molecular complexity index is 792. The molecule has 1 heterocycles. The number of methoxy groups -OCH3 is 1. The van der Waals surface area contributed by atoms with Gasteiger partial charge >= 0.3 is 0 Å². The van der Waals surface area contributed by atoms with Crippen LogP contribution in [0.3, 0.4) is 0 Å². The number of oxazole rings is 1. The first-order chi connectivity index (χ1) is 13.7. The second-order valence-corrected chi connectivity index (χ2v) is 8.20. The van der Waals surface area contributed by atoms with Gasteiger partial charge in [-0.15, -0.1) is 0 Å². The third-order valence-electron chi connectivity index (χ3n) is 4.57. The molecule has 0 radical (unpaired) electrons. The maximum Gasteiger partial charge on any atom is 0.216 e. The first kappa shape index (κ1) is 22.7. The summed E-state index contributed by atoms with van der Waals surface area (Å²) in [6.45, 7) is 10.2. The van der Waals surface area contributed by atoms with Crippen LogP contribution in [0.4, 0.5) is 0 Å². The fourth-order valence-corrected chi connectivity index (χ4v) is 2.86. The maximum absolute atomic E-state index is 5.84. The largest absolute Gasteiger partial charge is 0.497 e. The lowest BCUT2D eigenvalue weighted by Gasteiger charge is -2.26. The zero-order valence-corrected chi connectivity index (χ0v) is 18.7. The summed E-state index contributed by atoms with van der Waals surface area (Å²) in [5.41, 5.74) is 1.12. The quantitative estimate of drug-likeness (QED) is 0.522. The summed E-state index contributed by atoms with van der Waals surface area (Å²) in [6, 6.07) is 8.32. The second kappa shape index (κ2) is 10.3. The number of likely N-dealkylation sites (N-methyl/N-ethyl adjacent to an activating group) is 1. The van der Waals surface area contributed by atoms with Gasteiger partial charge in [-0.05, 0) is 38.7 Å². The van der Waals surface area contributed by atoms with E-state index in [9.17, 15) is 0 Å². The molecule has 0 spiro atoms. The van der Waals surface area contributed by atoms with E-state index in [1.807, 2.05) is 19.1 Å². The average Bonchev–Trinajstić information content (AvgIpc) is 3.15. The Morgan fingerprint density at radius 1 is 1.28 bits per heavy atom. The van der Waals surface area contributed by atoms with Crippen LogP contribution in [0.1, 0.15) is 51.0 Å². The van der Waals surface area contributed by atoms with Crippen molar-refractivity contribution in [3.8, 4) is 5.75 Å². The molecule has 29 heavy (non-hydrogen) atoms. The van der Waals surface area contributed by atoms with Crippen LogP contribution in [0.2, 0.25) is 0 Å². The van der Waals surface area contributed by atoms with Gasteiger partial charge in [0.15, 0.2) is 5.96 Å². The standard InChI is InChI=1S/C22H35N5O2/c1-8-23-21(26-15-20-24-14-19(29-20)22(2,3)4)25-13-18(27(5)6)16-10-9-11-17(12-16)28-7/h9-12,14,18H,8,13,15H2,1-7H3,(H2,23,25,26). The topological polar surface area (TPSA) is 74.9 Å². The summed E-state index contributed by atoms with van der Waals surface area (Å²) in [6.07, 6.45) is 1.79. The van der Waals surface area contributed by atoms with Gasteiger partial charge in [-0.2, -0.15) is 0 Å².